The Bertz CT molecular complexity index is 308. The molecular weight excluding hydrogens is 154 g/mol. The van der Waals surface area contributed by atoms with Crippen molar-refractivity contribution < 1.29 is 9.53 Å². The summed E-state index contributed by atoms with van der Waals surface area (Å²) in [4.78, 5) is 10.5. The zero-order valence-corrected chi connectivity index (χ0v) is 7.13. The second-order valence-corrected chi connectivity index (χ2v) is 2.52. The molecule has 64 valence electrons. The number of rotatable bonds is 2. The summed E-state index contributed by atoms with van der Waals surface area (Å²) < 4.78 is 5.03. The van der Waals surface area contributed by atoms with Crippen LogP contribution in [0.1, 0.15) is 15.9 Å². The second-order valence-electron chi connectivity index (χ2n) is 2.52. The van der Waals surface area contributed by atoms with Crippen molar-refractivity contribution in [2.75, 3.05) is 12.8 Å². The number of carbonyl (C=O) groups excluding carboxylic acids is 1. The van der Waals surface area contributed by atoms with Crippen LogP contribution >= 0.6 is 0 Å². The zero-order valence-electron chi connectivity index (χ0n) is 7.13. The lowest BCUT2D eigenvalue weighted by Crippen LogP contribution is -1.97. The van der Waals surface area contributed by atoms with Gasteiger partial charge in [0, 0.05) is 11.1 Å². The molecule has 0 unspecified atom stereocenters. The molecule has 0 bridgehead atoms. The lowest BCUT2D eigenvalue weighted by Gasteiger charge is -2.08. The minimum absolute atomic E-state index is 0.556. The Balaban J connectivity index is 3.33. The normalized spacial score (nSPS) is 9.50. The molecule has 0 heterocycles. The molecule has 0 radical (unpaired) electrons. The van der Waals surface area contributed by atoms with Crippen LogP contribution in [-0.4, -0.2) is 13.4 Å². The molecule has 1 rings (SSSR count). The first-order valence-corrected chi connectivity index (χ1v) is 3.59. The molecule has 0 spiro atoms. The topological polar surface area (TPSA) is 52.3 Å². The summed E-state index contributed by atoms with van der Waals surface area (Å²) in [5, 5.41) is 0. The maximum absolute atomic E-state index is 10.5. The third kappa shape index (κ3) is 1.25. The summed E-state index contributed by atoms with van der Waals surface area (Å²) >= 11 is 0. The molecule has 0 atom stereocenters. The summed E-state index contributed by atoms with van der Waals surface area (Å²) in [5.74, 6) is 0.583. The van der Waals surface area contributed by atoms with Crippen LogP contribution in [0.4, 0.5) is 5.69 Å². The predicted molar refractivity (Wildman–Crippen MR) is 47.5 cm³/mol. The molecule has 0 aliphatic carbocycles. The van der Waals surface area contributed by atoms with Gasteiger partial charge in [-0.05, 0) is 19.1 Å². The first-order chi connectivity index (χ1) is 5.70. The van der Waals surface area contributed by atoms with E-state index in [2.05, 4.69) is 0 Å². The molecule has 0 aromatic heterocycles. The molecule has 0 saturated carbocycles. The number of nitrogens with two attached hydrogens (primary N) is 1. The lowest BCUT2D eigenvalue weighted by atomic mass is 10.1. The number of benzene rings is 1. The Labute approximate surface area is 71.1 Å². The predicted octanol–water partition coefficient (Wildman–Crippen LogP) is 1.40. The first kappa shape index (κ1) is 8.59. The minimum Gasteiger partial charge on any atom is -0.494 e. The number of methoxy groups -OCH3 is 1. The van der Waals surface area contributed by atoms with Crippen LogP contribution in [0, 0.1) is 6.92 Å². The van der Waals surface area contributed by atoms with Crippen molar-refractivity contribution in [1.29, 1.82) is 0 Å². The smallest absolute Gasteiger partial charge is 0.150 e. The van der Waals surface area contributed by atoms with Crippen LogP contribution in [0.15, 0.2) is 12.1 Å². The molecule has 0 aliphatic rings. The molecule has 0 saturated heterocycles. The van der Waals surface area contributed by atoms with Crippen molar-refractivity contribution in [3.8, 4) is 5.75 Å². The number of ether oxygens (including phenoxy) is 1. The van der Waals surface area contributed by atoms with Gasteiger partial charge in [0.05, 0.1) is 12.8 Å². The van der Waals surface area contributed by atoms with Gasteiger partial charge in [-0.25, -0.2) is 0 Å². The van der Waals surface area contributed by atoms with Gasteiger partial charge in [0.2, 0.25) is 0 Å². The number of carbonyl (C=O) groups is 1. The van der Waals surface area contributed by atoms with E-state index in [0.29, 0.717) is 17.0 Å². The molecule has 12 heavy (non-hydrogen) atoms. The molecule has 1 aromatic carbocycles. The lowest BCUT2D eigenvalue weighted by molar-refractivity contribution is 0.112. The Morgan fingerprint density at radius 2 is 2.17 bits per heavy atom. The molecule has 2 N–H and O–H groups in total. The minimum atomic E-state index is 0.556. The van der Waals surface area contributed by atoms with Crippen molar-refractivity contribution in [1.82, 2.24) is 0 Å². The van der Waals surface area contributed by atoms with Crippen LogP contribution in [0.5, 0.6) is 5.75 Å². The average molecular weight is 165 g/mol. The Hall–Kier alpha value is -1.51. The maximum Gasteiger partial charge on any atom is 0.150 e. The quantitative estimate of drug-likeness (QED) is 0.532. The fraction of sp³-hybridized carbons (Fsp3) is 0.222. The van der Waals surface area contributed by atoms with Crippen molar-refractivity contribution in [3.63, 3.8) is 0 Å². The largest absolute Gasteiger partial charge is 0.494 e. The summed E-state index contributed by atoms with van der Waals surface area (Å²) in [5.41, 5.74) is 7.57. The van der Waals surface area contributed by atoms with Gasteiger partial charge in [0.25, 0.3) is 0 Å². The van der Waals surface area contributed by atoms with Gasteiger partial charge in [-0.15, -0.1) is 0 Å². The molecule has 3 heteroatoms. The molecule has 3 nitrogen and oxygen atoms in total. The summed E-state index contributed by atoms with van der Waals surface area (Å²) in [6.07, 6.45) is 0.789. The number of aldehydes is 1. The third-order valence-corrected chi connectivity index (χ3v) is 1.81. The highest BCUT2D eigenvalue weighted by atomic mass is 16.5. The van der Waals surface area contributed by atoms with Crippen LogP contribution in [0.2, 0.25) is 0 Å². The highest BCUT2D eigenvalue weighted by Gasteiger charge is 2.06. The Kier molecular flexibility index (Phi) is 2.33. The molecule has 0 amide bonds. The van der Waals surface area contributed by atoms with E-state index in [0.717, 1.165) is 11.8 Å². The number of hydrogen-bond acceptors (Lipinski definition) is 3. The SMILES string of the molecule is COc1c(N)ccc(C=O)c1C. The van der Waals surface area contributed by atoms with Gasteiger partial charge in [-0.3, -0.25) is 4.79 Å². The zero-order chi connectivity index (χ0) is 9.14. The molecule has 0 fully saturated rings. The number of hydrogen-bond donors (Lipinski definition) is 1. The molecular formula is C9H11NO2. The van der Waals surface area contributed by atoms with E-state index < -0.39 is 0 Å². The van der Waals surface area contributed by atoms with Crippen molar-refractivity contribution in [2.24, 2.45) is 0 Å². The van der Waals surface area contributed by atoms with Crippen LogP contribution in [0.3, 0.4) is 0 Å². The van der Waals surface area contributed by atoms with Gasteiger partial charge < -0.3 is 10.5 Å². The van der Waals surface area contributed by atoms with Crippen LogP contribution in [0.25, 0.3) is 0 Å². The van der Waals surface area contributed by atoms with E-state index in [1.165, 1.54) is 7.11 Å². The molecule has 1 aromatic rings. The Morgan fingerprint density at radius 1 is 1.50 bits per heavy atom. The van der Waals surface area contributed by atoms with Crippen molar-refractivity contribution >= 4 is 12.0 Å². The van der Waals surface area contributed by atoms with E-state index in [9.17, 15) is 4.79 Å². The molecule has 0 aliphatic heterocycles. The third-order valence-electron chi connectivity index (χ3n) is 1.81. The number of anilines is 1. The standard InChI is InChI=1S/C9H11NO2/c1-6-7(5-11)3-4-8(10)9(6)12-2/h3-5H,10H2,1-2H3. The maximum atomic E-state index is 10.5. The van der Waals surface area contributed by atoms with Crippen molar-refractivity contribution in [2.45, 2.75) is 6.92 Å². The first-order valence-electron chi connectivity index (χ1n) is 3.59. The highest BCUT2D eigenvalue weighted by molar-refractivity contribution is 5.80. The van der Waals surface area contributed by atoms with E-state index in [1.807, 2.05) is 0 Å². The van der Waals surface area contributed by atoms with E-state index in [4.69, 9.17) is 10.5 Å². The Morgan fingerprint density at radius 3 is 2.67 bits per heavy atom. The van der Waals surface area contributed by atoms with Gasteiger partial charge in [-0.1, -0.05) is 0 Å². The average Bonchev–Trinajstić information content (AvgIpc) is 2.06. The van der Waals surface area contributed by atoms with Crippen LogP contribution < -0.4 is 10.5 Å². The fourth-order valence-corrected chi connectivity index (χ4v) is 1.13. The summed E-state index contributed by atoms with van der Waals surface area (Å²) in [7, 11) is 1.53. The van der Waals surface area contributed by atoms with E-state index >= 15 is 0 Å². The fourth-order valence-electron chi connectivity index (χ4n) is 1.13. The van der Waals surface area contributed by atoms with Gasteiger partial charge in [0.15, 0.2) is 0 Å². The van der Waals surface area contributed by atoms with Gasteiger partial charge >= 0.3 is 0 Å². The monoisotopic (exact) mass is 165 g/mol. The van der Waals surface area contributed by atoms with Gasteiger partial charge in [0.1, 0.15) is 12.0 Å². The summed E-state index contributed by atoms with van der Waals surface area (Å²) in [6, 6.07) is 3.34. The second kappa shape index (κ2) is 3.26. The van der Waals surface area contributed by atoms with Crippen molar-refractivity contribution in [3.05, 3.63) is 23.3 Å². The van der Waals surface area contributed by atoms with Crippen LogP contribution in [-0.2, 0) is 0 Å². The summed E-state index contributed by atoms with van der Waals surface area (Å²) in [6.45, 7) is 1.80. The highest BCUT2D eigenvalue weighted by Crippen LogP contribution is 2.27. The van der Waals surface area contributed by atoms with E-state index in [1.54, 1.807) is 19.1 Å². The van der Waals surface area contributed by atoms with Gasteiger partial charge in [-0.2, -0.15) is 0 Å². The number of nitrogen functional groups attached to an aromatic ring is 1. The van der Waals surface area contributed by atoms with E-state index in [-0.39, 0.29) is 0 Å².